The van der Waals surface area contributed by atoms with Crippen LogP contribution in [-0.2, 0) is 27.9 Å². The number of carbonyl (C=O) groups excluding carboxylic acids is 2. The molecule has 0 heterocycles. The predicted molar refractivity (Wildman–Crippen MR) is 332 cm³/mol. The van der Waals surface area contributed by atoms with Crippen LogP contribution in [0.4, 0.5) is 0 Å². The molecule has 9 nitrogen and oxygen atoms in total. The Balaban J connectivity index is 5.38. The van der Waals surface area contributed by atoms with Crippen LogP contribution >= 0.6 is 7.82 Å². The number of rotatable bonds is 56. The topological polar surface area (TPSA) is 111 Å². The van der Waals surface area contributed by atoms with Crippen molar-refractivity contribution in [3.8, 4) is 0 Å². The number of hydrogen-bond acceptors (Lipinski definition) is 6. The molecule has 0 saturated carbocycles. The minimum absolute atomic E-state index is 0.0276. The Hall–Kier alpha value is -3.07. The highest BCUT2D eigenvalue weighted by Crippen LogP contribution is 2.43. The van der Waals surface area contributed by atoms with Gasteiger partial charge in [0.2, 0.25) is 5.91 Å². The average Bonchev–Trinajstić information content (AvgIpc) is 3.39. The predicted octanol–water partition coefficient (Wildman–Crippen LogP) is 19.6. The number of esters is 1. The van der Waals surface area contributed by atoms with Crippen molar-refractivity contribution in [2.45, 2.75) is 277 Å². The Labute approximate surface area is 475 Å². The van der Waals surface area contributed by atoms with Gasteiger partial charge in [-0.2, -0.15) is 0 Å². The van der Waals surface area contributed by atoms with E-state index in [-0.39, 0.29) is 31.5 Å². The summed E-state index contributed by atoms with van der Waals surface area (Å²) in [6, 6.07) is -0.874. The van der Waals surface area contributed by atoms with Crippen LogP contribution < -0.4 is 5.32 Å². The molecular formula is C67H120N2O7P+. The zero-order chi connectivity index (χ0) is 56.4. The molecule has 0 aliphatic carbocycles. The van der Waals surface area contributed by atoms with E-state index in [4.69, 9.17) is 13.8 Å². The lowest BCUT2D eigenvalue weighted by atomic mass is 10.0. The third-order valence-electron chi connectivity index (χ3n) is 13.5. The molecule has 0 radical (unpaired) electrons. The van der Waals surface area contributed by atoms with E-state index in [0.29, 0.717) is 23.9 Å². The van der Waals surface area contributed by atoms with Crippen LogP contribution in [0.2, 0.25) is 0 Å². The quantitative estimate of drug-likeness (QED) is 0.0205. The van der Waals surface area contributed by atoms with Crippen LogP contribution in [0, 0.1) is 0 Å². The second-order valence-corrected chi connectivity index (χ2v) is 23.7. The highest BCUT2D eigenvalue weighted by Gasteiger charge is 2.30. The lowest BCUT2D eigenvalue weighted by Crippen LogP contribution is -2.47. The molecule has 444 valence electrons. The SMILES string of the molecule is CCCCC/C=C\C/C=C\C/C=C\C/C=C\CCCCCC(=O)OC(/C=C/CCCCCCCCCCCCC)C(COP(=O)(O)OCC[N+](C)(C)C)NC(=O)CCCCCCCC/C=C\C/C=C\C/C=C\CCCCC. The molecule has 2 N–H and O–H groups in total. The minimum Gasteiger partial charge on any atom is -0.456 e. The third-order valence-corrected chi connectivity index (χ3v) is 14.5. The molecule has 0 aliphatic heterocycles. The fraction of sp³-hybridized carbons (Fsp3) is 0.731. The first-order valence-electron chi connectivity index (χ1n) is 31.6. The molecule has 0 aromatic carbocycles. The molecule has 0 rings (SSSR count). The number of ether oxygens (including phenoxy) is 1. The highest BCUT2D eigenvalue weighted by molar-refractivity contribution is 7.47. The number of hydrogen-bond donors (Lipinski definition) is 2. The maximum atomic E-state index is 13.6. The summed E-state index contributed by atoms with van der Waals surface area (Å²) in [7, 11) is 1.46. The number of carbonyl (C=O) groups is 2. The molecule has 77 heavy (non-hydrogen) atoms. The zero-order valence-corrected chi connectivity index (χ0v) is 51.6. The standard InChI is InChI=1S/C67H119N2O7P/c1-7-10-13-16-19-22-25-28-30-32-34-36-38-41-44-47-50-53-56-59-66(70)68-64(63-75-77(72,73)74-62-61-69(4,5)6)65(58-55-52-49-46-43-40-27-24-21-18-15-12-9-3)76-67(71)60-57-54-51-48-45-42-39-37-35-33-31-29-26-23-20-17-14-11-8-2/h19-20,22-23,28-31,34-37,42,45,55,58,64-65H,7-18,21,24-27,32-33,38-41,43-44,46-54,56-57,59-63H2,1-6H3,(H-,68,70,72,73)/p+1/b22-19-,23-20-,30-28-,31-29-,36-34-,37-35-,45-42-,58-55+. The number of nitrogens with zero attached hydrogens (tertiary/aromatic N) is 1. The zero-order valence-electron chi connectivity index (χ0n) is 50.7. The van der Waals surface area contributed by atoms with Gasteiger partial charge in [-0.1, -0.05) is 234 Å². The Morgan fingerprint density at radius 2 is 0.792 bits per heavy atom. The van der Waals surface area contributed by atoms with Crippen molar-refractivity contribution >= 4 is 19.7 Å². The molecule has 3 unspecified atom stereocenters. The number of phosphoric acid groups is 1. The van der Waals surface area contributed by atoms with E-state index >= 15 is 0 Å². The maximum Gasteiger partial charge on any atom is 0.472 e. The summed E-state index contributed by atoms with van der Waals surface area (Å²) < 4.78 is 30.7. The van der Waals surface area contributed by atoms with E-state index in [9.17, 15) is 19.0 Å². The Kier molecular flexibility index (Phi) is 54.0. The van der Waals surface area contributed by atoms with Gasteiger partial charge < -0.3 is 19.4 Å². The molecule has 10 heteroatoms. The fourth-order valence-electron chi connectivity index (χ4n) is 8.58. The van der Waals surface area contributed by atoms with E-state index in [1.807, 2.05) is 33.3 Å². The van der Waals surface area contributed by atoms with Gasteiger partial charge in [-0.25, -0.2) is 4.57 Å². The largest absolute Gasteiger partial charge is 0.472 e. The van der Waals surface area contributed by atoms with Gasteiger partial charge in [0.25, 0.3) is 0 Å². The molecule has 0 aromatic rings. The molecule has 0 bridgehead atoms. The molecule has 0 aromatic heterocycles. The first-order chi connectivity index (χ1) is 37.4. The van der Waals surface area contributed by atoms with E-state index in [0.717, 1.165) is 116 Å². The minimum atomic E-state index is -4.47. The van der Waals surface area contributed by atoms with E-state index in [1.165, 1.54) is 109 Å². The van der Waals surface area contributed by atoms with Crippen LogP contribution in [-0.4, -0.2) is 74.3 Å². The third kappa shape index (κ3) is 57.4. The fourth-order valence-corrected chi connectivity index (χ4v) is 9.31. The summed E-state index contributed by atoms with van der Waals surface area (Å²) in [6.45, 7) is 6.92. The van der Waals surface area contributed by atoms with E-state index < -0.39 is 20.0 Å². The lowest BCUT2D eigenvalue weighted by Gasteiger charge is -2.27. The highest BCUT2D eigenvalue weighted by atomic mass is 31.2. The van der Waals surface area contributed by atoms with Crippen molar-refractivity contribution < 1.29 is 37.3 Å². The Bertz CT molecular complexity index is 1640. The monoisotopic (exact) mass is 1100 g/mol. The van der Waals surface area contributed by atoms with Gasteiger partial charge in [0.1, 0.15) is 19.3 Å². The number of likely N-dealkylation sites (N-methyl/N-ethyl adjacent to an activating group) is 1. The first kappa shape index (κ1) is 73.9. The number of amides is 1. The average molecular weight is 1100 g/mol. The van der Waals surface area contributed by atoms with E-state index in [1.54, 1.807) is 0 Å². The smallest absolute Gasteiger partial charge is 0.456 e. The number of allylic oxidation sites excluding steroid dienone is 15. The summed E-state index contributed by atoms with van der Waals surface area (Å²) in [6.07, 6.45) is 75.4. The number of quaternary nitrogens is 1. The molecule has 1 amide bonds. The summed E-state index contributed by atoms with van der Waals surface area (Å²) in [5.74, 6) is -0.558. The van der Waals surface area contributed by atoms with Crippen molar-refractivity contribution in [1.29, 1.82) is 0 Å². The molecule has 3 atom stereocenters. The molecular weight excluding hydrogens is 976 g/mol. The normalized spacial score (nSPS) is 14.3. The van der Waals surface area contributed by atoms with Crippen LogP contribution in [0.15, 0.2) is 97.2 Å². The van der Waals surface area contributed by atoms with Crippen LogP contribution in [0.3, 0.4) is 0 Å². The first-order valence-corrected chi connectivity index (χ1v) is 33.1. The second-order valence-electron chi connectivity index (χ2n) is 22.2. The number of unbranched alkanes of at least 4 members (excludes halogenated alkanes) is 26. The van der Waals surface area contributed by atoms with Crippen molar-refractivity contribution in [2.75, 3.05) is 40.9 Å². The van der Waals surface area contributed by atoms with Crippen molar-refractivity contribution in [2.24, 2.45) is 0 Å². The molecule has 0 fully saturated rings. The number of nitrogens with one attached hydrogen (secondary N) is 1. The molecule has 0 aliphatic rings. The van der Waals surface area contributed by atoms with Crippen LogP contribution in [0.25, 0.3) is 0 Å². The van der Waals surface area contributed by atoms with Crippen LogP contribution in [0.1, 0.15) is 265 Å². The van der Waals surface area contributed by atoms with Gasteiger partial charge >= 0.3 is 13.8 Å². The van der Waals surface area contributed by atoms with Gasteiger partial charge in [-0.15, -0.1) is 0 Å². The van der Waals surface area contributed by atoms with Gasteiger partial charge in [0, 0.05) is 12.8 Å². The van der Waals surface area contributed by atoms with Gasteiger partial charge in [0.05, 0.1) is 33.8 Å². The van der Waals surface area contributed by atoms with Crippen molar-refractivity contribution in [1.82, 2.24) is 5.32 Å². The van der Waals surface area contributed by atoms with E-state index in [2.05, 4.69) is 111 Å². The molecule has 0 spiro atoms. The summed E-state index contributed by atoms with van der Waals surface area (Å²) in [4.78, 5) is 37.7. The Morgan fingerprint density at radius 3 is 1.22 bits per heavy atom. The maximum absolute atomic E-state index is 13.6. The van der Waals surface area contributed by atoms with Crippen molar-refractivity contribution in [3.05, 3.63) is 97.2 Å². The Morgan fingerprint density at radius 1 is 0.455 bits per heavy atom. The summed E-state index contributed by atoms with van der Waals surface area (Å²) in [5, 5.41) is 3.04. The second kappa shape index (κ2) is 56.2. The van der Waals surface area contributed by atoms with Crippen LogP contribution in [0.5, 0.6) is 0 Å². The van der Waals surface area contributed by atoms with Crippen molar-refractivity contribution in [3.63, 3.8) is 0 Å². The molecule has 0 saturated heterocycles. The van der Waals surface area contributed by atoms with Gasteiger partial charge in [-0.3, -0.25) is 18.6 Å². The summed E-state index contributed by atoms with van der Waals surface area (Å²) >= 11 is 0. The van der Waals surface area contributed by atoms with Gasteiger partial charge in [-0.05, 0) is 115 Å². The summed E-state index contributed by atoms with van der Waals surface area (Å²) in [5.41, 5.74) is 0. The lowest BCUT2D eigenvalue weighted by molar-refractivity contribution is -0.870. The van der Waals surface area contributed by atoms with Gasteiger partial charge in [0.15, 0.2) is 0 Å². The number of phosphoric ester groups is 1.